The Kier molecular flexibility index (Phi) is 5.34. The number of amides is 1. The number of nitrogens with one attached hydrogen (secondary N) is 1. The highest BCUT2D eigenvalue weighted by molar-refractivity contribution is 5.96. The lowest BCUT2D eigenvalue weighted by molar-refractivity contribution is -0.122. The molecule has 0 saturated carbocycles. The van der Waals surface area contributed by atoms with Crippen LogP contribution in [0, 0.1) is 13.8 Å². The number of ketones is 1. The highest BCUT2D eigenvalue weighted by Crippen LogP contribution is 2.17. The van der Waals surface area contributed by atoms with Crippen LogP contribution in [0.5, 0.6) is 0 Å². The van der Waals surface area contributed by atoms with Crippen LogP contribution >= 0.6 is 0 Å². The van der Waals surface area contributed by atoms with Gasteiger partial charge in [0.2, 0.25) is 11.7 Å². The fourth-order valence-corrected chi connectivity index (χ4v) is 3.30. The minimum absolute atomic E-state index is 0.00722. The summed E-state index contributed by atoms with van der Waals surface area (Å²) in [7, 11) is 0. The Morgan fingerprint density at radius 1 is 1.30 bits per heavy atom. The molecule has 3 aromatic rings. The van der Waals surface area contributed by atoms with Crippen LogP contribution in [0.2, 0.25) is 0 Å². The molecule has 27 heavy (non-hydrogen) atoms. The van der Waals surface area contributed by atoms with Gasteiger partial charge in [-0.05, 0) is 33.3 Å². The predicted octanol–water partition coefficient (Wildman–Crippen LogP) is 2.40. The van der Waals surface area contributed by atoms with E-state index in [9.17, 15) is 9.59 Å². The first-order chi connectivity index (χ1) is 12.9. The maximum Gasteiger partial charge on any atom is 0.233 e. The van der Waals surface area contributed by atoms with Crippen molar-refractivity contribution >= 4 is 17.5 Å². The molecular formula is C19H24N6O2. The first-order valence-electron chi connectivity index (χ1n) is 9.04. The van der Waals surface area contributed by atoms with E-state index in [1.54, 1.807) is 10.9 Å². The molecule has 0 spiro atoms. The summed E-state index contributed by atoms with van der Waals surface area (Å²) in [6.45, 7) is 7.62. The van der Waals surface area contributed by atoms with Gasteiger partial charge in [-0.25, -0.2) is 9.97 Å². The number of carbonyl (C=O) groups is 2. The van der Waals surface area contributed by atoms with E-state index in [4.69, 9.17) is 0 Å². The molecule has 0 unspecified atom stereocenters. The maximum absolute atomic E-state index is 12.4. The van der Waals surface area contributed by atoms with Crippen molar-refractivity contribution in [1.29, 1.82) is 0 Å². The van der Waals surface area contributed by atoms with Gasteiger partial charge in [-0.1, -0.05) is 6.92 Å². The standard InChI is InChI=1S/C19H24N6O2/c1-5-15(16-11-24-9-6-8-20-19(24)22-16)21-17(27)7-10-25-13(3)18(14(4)26)12(2)23-25/h6,8-9,11,15H,5,7,10H2,1-4H3,(H,21,27)/t15-/m1/s1. The van der Waals surface area contributed by atoms with Gasteiger partial charge in [-0.2, -0.15) is 5.10 Å². The average molecular weight is 368 g/mol. The summed E-state index contributed by atoms with van der Waals surface area (Å²) in [4.78, 5) is 32.8. The van der Waals surface area contributed by atoms with Crippen molar-refractivity contribution in [3.8, 4) is 0 Å². The van der Waals surface area contributed by atoms with Crippen LogP contribution < -0.4 is 5.32 Å². The Morgan fingerprint density at radius 2 is 2.07 bits per heavy atom. The third kappa shape index (κ3) is 3.89. The molecule has 142 valence electrons. The molecule has 0 aliphatic heterocycles. The molecule has 3 heterocycles. The molecule has 0 aliphatic rings. The molecule has 8 heteroatoms. The molecule has 0 bridgehead atoms. The Bertz CT molecular complexity index is 954. The Hall–Kier alpha value is -3.03. The fourth-order valence-electron chi connectivity index (χ4n) is 3.30. The molecule has 8 nitrogen and oxygen atoms in total. The second kappa shape index (κ2) is 7.69. The molecule has 3 rings (SSSR count). The number of hydrogen-bond donors (Lipinski definition) is 1. The van der Waals surface area contributed by atoms with Crippen LogP contribution in [0.3, 0.4) is 0 Å². The number of aromatic nitrogens is 5. The summed E-state index contributed by atoms with van der Waals surface area (Å²) in [5.74, 6) is 0.524. The van der Waals surface area contributed by atoms with Crippen molar-refractivity contribution < 1.29 is 9.59 Å². The second-order valence-electron chi connectivity index (χ2n) is 6.60. The van der Waals surface area contributed by atoms with Gasteiger partial charge in [0.1, 0.15) is 0 Å². The Labute approximate surface area is 157 Å². The zero-order valence-corrected chi connectivity index (χ0v) is 16.1. The summed E-state index contributed by atoms with van der Waals surface area (Å²) >= 11 is 0. The number of rotatable bonds is 7. The van der Waals surface area contributed by atoms with Crippen LogP contribution in [-0.4, -0.2) is 35.8 Å². The van der Waals surface area contributed by atoms with E-state index in [-0.39, 0.29) is 24.2 Å². The van der Waals surface area contributed by atoms with Gasteiger partial charge in [-0.3, -0.25) is 18.7 Å². The highest BCUT2D eigenvalue weighted by atomic mass is 16.1. The summed E-state index contributed by atoms with van der Waals surface area (Å²) in [6, 6.07) is 1.66. The second-order valence-corrected chi connectivity index (χ2v) is 6.60. The monoisotopic (exact) mass is 368 g/mol. The van der Waals surface area contributed by atoms with E-state index in [1.165, 1.54) is 6.92 Å². The summed E-state index contributed by atoms with van der Waals surface area (Å²) in [5, 5.41) is 7.41. The quantitative estimate of drug-likeness (QED) is 0.646. The van der Waals surface area contributed by atoms with Crippen molar-refractivity contribution in [3.05, 3.63) is 47.3 Å². The molecule has 0 aliphatic carbocycles. The van der Waals surface area contributed by atoms with Crippen LogP contribution in [0.15, 0.2) is 24.7 Å². The number of fused-ring (bicyclic) bond motifs is 1. The van der Waals surface area contributed by atoms with E-state index < -0.39 is 0 Å². The van der Waals surface area contributed by atoms with E-state index in [0.29, 0.717) is 23.6 Å². The first-order valence-corrected chi connectivity index (χ1v) is 9.04. The van der Waals surface area contributed by atoms with Crippen molar-refractivity contribution in [2.75, 3.05) is 0 Å². The van der Waals surface area contributed by atoms with Crippen molar-refractivity contribution in [2.24, 2.45) is 0 Å². The number of Topliss-reactive ketones (excluding diaryl/α,β-unsaturated/α-hetero) is 1. The Balaban J connectivity index is 1.66. The normalized spacial score (nSPS) is 12.3. The van der Waals surface area contributed by atoms with Crippen LogP contribution in [-0.2, 0) is 11.3 Å². The highest BCUT2D eigenvalue weighted by Gasteiger charge is 2.18. The zero-order chi connectivity index (χ0) is 19.6. The van der Waals surface area contributed by atoms with Crippen molar-refractivity contribution in [3.63, 3.8) is 0 Å². The fraction of sp³-hybridized carbons (Fsp3) is 0.421. The maximum atomic E-state index is 12.4. The minimum Gasteiger partial charge on any atom is -0.348 e. The van der Waals surface area contributed by atoms with E-state index in [1.807, 2.05) is 43.6 Å². The van der Waals surface area contributed by atoms with Gasteiger partial charge < -0.3 is 5.32 Å². The molecule has 0 radical (unpaired) electrons. The van der Waals surface area contributed by atoms with Gasteiger partial charge in [-0.15, -0.1) is 0 Å². The van der Waals surface area contributed by atoms with E-state index in [2.05, 4.69) is 20.4 Å². The number of aryl methyl sites for hydroxylation is 2. The van der Waals surface area contributed by atoms with Crippen LogP contribution in [0.25, 0.3) is 5.78 Å². The molecule has 0 aromatic carbocycles. The van der Waals surface area contributed by atoms with Gasteiger partial charge >= 0.3 is 0 Å². The number of nitrogens with zero attached hydrogens (tertiary/aromatic N) is 5. The van der Waals surface area contributed by atoms with Gasteiger partial charge in [0, 0.05) is 37.3 Å². The van der Waals surface area contributed by atoms with Gasteiger partial charge in [0.05, 0.1) is 23.0 Å². The summed E-state index contributed by atoms with van der Waals surface area (Å²) in [5.41, 5.74) is 2.92. The smallest absolute Gasteiger partial charge is 0.233 e. The first kappa shape index (κ1) is 18.8. The van der Waals surface area contributed by atoms with Crippen molar-refractivity contribution in [2.45, 2.75) is 53.1 Å². The lowest BCUT2D eigenvalue weighted by atomic mass is 10.1. The summed E-state index contributed by atoms with van der Waals surface area (Å²) < 4.78 is 3.56. The topological polar surface area (TPSA) is 94.2 Å². The molecule has 1 atom stereocenters. The number of imidazole rings is 1. The largest absolute Gasteiger partial charge is 0.348 e. The lowest BCUT2D eigenvalue weighted by Gasteiger charge is -2.15. The SMILES string of the molecule is CC[C@@H](NC(=O)CCn1nc(C)c(C(C)=O)c1C)c1cn2cccnc2n1. The van der Waals surface area contributed by atoms with Gasteiger partial charge in [0.15, 0.2) is 5.78 Å². The van der Waals surface area contributed by atoms with Crippen molar-refractivity contribution in [1.82, 2.24) is 29.5 Å². The third-order valence-electron chi connectivity index (χ3n) is 4.64. The summed E-state index contributed by atoms with van der Waals surface area (Å²) in [6.07, 6.45) is 6.46. The predicted molar refractivity (Wildman–Crippen MR) is 100 cm³/mol. The minimum atomic E-state index is -0.174. The molecule has 3 aromatic heterocycles. The Morgan fingerprint density at radius 3 is 2.70 bits per heavy atom. The molecule has 0 fully saturated rings. The van der Waals surface area contributed by atoms with Crippen LogP contribution in [0.4, 0.5) is 0 Å². The van der Waals surface area contributed by atoms with Crippen LogP contribution in [0.1, 0.15) is 60.2 Å². The molecule has 1 N–H and O–H groups in total. The van der Waals surface area contributed by atoms with Gasteiger partial charge in [0.25, 0.3) is 0 Å². The third-order valence-corrected chi connectivity index (χ3v) is 4.64. The molecular weight excluding hydrogens is 344 g/mol. The van der Waals surface area contributed by atoms with E-state index in [0.717, 1.165) is 17.8 Å². The molecule has 0 saturated heterocycles. The number of hydrogen-bond acceptors (Lipinski definition) is 5. The zero-order valence-electron chi connectivity index (χ0n) is 16.1. The van der Waals surface area contributed by atoms with E-state index >= 15 is 0 Å². The molecule has 1 amide bonds. The average Bonchev–Trinajstić information content (AvgIpc) is 3.18. The lowest BCUT2D eigenvalue weighted by Crippen LogP contribution is -2.29. The number of carbonyl (C=O) groups excluding carboxylic acids is 2.